The van der Waals surface area contributed by atoms with E-state index in [9.17, 15) is 9.90 Å². The summed E-state index contributed by atoms with van der Waals surface area (Å²) in [4.78, 5) is 11.5. The van der Waals surface area contributed by atoms with Crippen molar-refractivity contribution in [2.75, 3.05) is 52.9 Å². The molecule has 0 fully saturated rings. The maximum atomic E-state index is 11.5. The van der Waals surface area contributed by atoms with Crippen molar-refractivity contribution in [3.05, 3.63) is 23.8 Å². The molecule has 0 saturated carbocycles. The molecule has 1 aromatic rings. The van der Waals surface area contributed by atoms with Crippen LogP contribution in [0.4, 0.5) is 0 Å². The molecule has 0 aromatic heterocycles. The first-order valence-corrected chi connectivity index (χ1v) is 16.0. The summed E-state index contributed by atoms with van der Waals surface area (Å²) < 4.78 is 27.7. The minimum absolute atomic E-state index is 0.156. The van der Waals surface area contributed by atoms with Crippen LogP contribution in [0.5, 0.6) is 11.5 Å². The summed E-state index contributed by atoms with van der Waals surface area (Å²) in [5.41, 5.74) is 0.156. The molecule has 0 unspecified atom stereocenters. The van der Waals surface area contributed by atoms with E-state index in [1.807, 2.05) is 6.92 Å². The van der Waals surface area contributed by atoms with Crippen LogP contribution >= 0.6 is 0 Å². The highest BCUT2D eigenvalue weighted by Crippen LogP contribution is 2.24. The first-order chi connectivity index (χ1) is 19.7. The van der Waals surface area contributed by atoms with Gasteiger partial charge in [0.1, 0.15) is 18.1 Å². The summed E-state index contributed by atoms with van der Waals surface area (Å²) in [5.74, 6) is -0.00363. The molecule has 0 heterocycles. The van der Waals surface area contributed by atoms with E-state index in [0.29, 0.717) is 64.4 Å². The number of carboxylic acids is 1. The number of hydrogen-bond donors (Lipinski definition) is 1. The van der Waals surface area contributed by atoms with Gasteiger partial charge in [-0.05, 0) is 25.5 Å². The molecule has 232 valence electrons. The van der Waals surface area contributed by atoms with Gasteiger partial charge in [-0.2, -0.15) is 0 Å². The lowest BCUT2D eigenvalue weighted by molar-refractivity contribution is 0.0114. The van der Waals surface area contributed by atoms with E-state index in [2.05, 4.69) is 6.92 Å². The molecule has 0 bridgehead atoms. The molecule has 0 saturated heterocycles. The molecule has 0 aliphatic carbocycles. The third kappa shape index (κ3) is 21.9. The third-order valence-electron chi connectivity index (χ3n) is 6.84. The number of carbonyl (C=O) groups is 1. The number of unbranched alkanes of at least 4 members (excludes halogenated alkanes) is 15. The maximum Gasteiger partial charge on any atom is 0.335 e. The molecule has 0 spiro atoms. The molecule has 0 radical (unpaired) electrons. The average molecular weight is 567 g/mol. The van der Waals surface area contributed by atoms with Crippen LogP contribution in [0.15, 0.2) is 18.2 Å². The van der Waals surface area contributed by atoms with Gasteiger partial charge in [-0.15, -0.1) is 0 Å². The van der Waals surface area contributed by atoms with Gasteiger partial charge in [-0.1, -0.05) is 103 Å². The van der Waals surface area contributed by atoms with Crippen molar-refractivity contribution in [1.82, 2.24) is 0 Å². The lowest BCUT2D eigenvalue weighted by Gasteiger charge is -2.12. The number of ether oxygens (including phenoxy) is 5. The summed E-state index contributed by atoms with van der Waals surface area (Å²) in [5, 5.41) is 9.44. The molecule has 0 aliphatic rings. The van der Waals surface area contributed by atoms with Crippen LogP contribution in [0.2, 0.25) is 0 Å². The largest absolute Gasteiger partial charge is 0.493 e. The van der Waals surface area contributed by atoms with E-state index in [4.69, 9.17) is 23.7 Å². The predicted molar refractivity (Wildman–Crippen MR) is 162 cm³/mol. The zero-order valence-electron chi connectivity index (χ0n) is 25.6. The second-order valence-corrected chi connectivity index (χ2v) is 10.4. The smallest absolute Gasteiger partial charge is 0.335 e. The van der Waals surface area contributed by atoms with Gasteiger partial charge in [0.15, 0.2) is 0 Å². The molecule has 1 rings (SSSR count). The monoisotopic (exact) mass is 566 g/mol. The second kappa shape index (κ2) is 27.3. The van der Waals surface area contributed by atoms with Crippen LogP contribution in [0.25, 0.3) is 0 Å². The van der Waals surface area contributed by atoms with Crippen LogP contribution in [-0.2, 0) is 14.2 Å². The lowest BCUT2D eigenvalue weighted by atomic mass is 10.0. The normalized spacial score (nSPS) is 11.2. The van der Waals surface area contributed by atoms with Crippen LogP contribution in [-0.4, -0.2) is 63.9 Å². The number of benzene rings is 1. The van der Waals surface area contributed by atoms with Crippen molar-refractivity contribution in [3.63, 3.8) is 0 Å². The Bertz CT molecular complexity index is 710. The Morgan fingerprint density at radius 2 is 0.925 bits per heavy atom. The Hall–Kier alpha value is -1.83. The molecule has 0 atom stereocenters. The van der Waals surface area contributed by atoms with Crippen molar-refractivity contribution in [2.24, 2.45) is 0 Å². The number of rotatable bonds is 30. The first-order valence-electron chi connectivity index (χ1n) is 16.0. The predicted octanol–water partition coefficient (Wildman–Crippen LogP) is 8.47. The van der Waals surface area contributed by atoms with Gasteiger partial charge in [-0.3, -0.25) is 0 Å². The third-order valence-corrected chi connectivity index (χ3v) is 6.84. The zero-order valence-corrected chi connectivity index (χ0v) is 25.6. The molecule has 1 aromatic carbocycles. The van der Waals surface area contributed by atoms with Crippen LogP contribution < -0.4 is 9.47 Å². The van der Waals surface area contributed by atoms with Crippen LogP contribution in [0.1, 0.15) is 127 Å². The van der Waals surface area contributed by atoms with E-state index >= 15 is 0 Å². The minimum atomic E-state index is -1.00. The van der Waals surface area contributed by atoms with Crippen molar-refractivity contribution in [1.29, 1.82) is 0 Å². The topological polar surface area (TPSA) is 83.5 Å². The molecule has 1 N–H and O–H groups in total. The second-order valence-electron chi connectivity index (χ2n) is 10.4. The Morgan fingerprint density at radius 3 is 1.38 bits per heavy atom. The van der Waals surface area contributed by atoms with Crippen LogP contribution in [0.3, 0.4) is 0 Å². The Morgan fingerprint density at radius 1 is 0.525 bits per heavy atom. The molecular formula is C33H58O7. The highest BCUT2D eigenvalue weighted by Gasteiger charge is 2.09. The lowest BCUT2D eigenvalue weighted by Crippen LogP contribution is -2.13. The van der Waals surface area contributed by atoms with Gasteiger partial charge >= 0.3 is 5.97 Å². The summed E-state index contributed by atoms with van der Waals surface area (Å²) in [6.07, 6.45) is 21.3. The van der Waals surface area contributed by atoms with Gasteiger partial charge in [0.05, 0.1) is 45.2 Å². The van der Waals surface area contributed by atoms with Gasteiger partial charge < -0.3 is 28.8 Å². The summed E-state index contributed by atoms with van der Waals surface area (Å²) in [6, 6.07) is 4.81. The van der Waals surface area contributed by atoms with Gasteiger partial charge in [0.2, 0.25) is 0 Å². The molecule has 7 heteroatoms. The fraction of sp³-hybridized carbons (Fsp3) is 0.788. The summed E-state index contributed by atoms with van der Waals surface area (Å²) in [7, 11) is 0. The molecule has 0 amide bonds. The molecule has 7 nitrogen and oxygen atoms in total. The fourth-order valence-corrected chi connectivity index (χ4v) is 4.50. The van der Waals surface area contributed by atoms with E-state index in [0.717, 1.165) is 12.8 Å². The number of aromatic carboxylic acids is 1. The maximum absolute atomic E-state index is 11.5. The van der Waals surface area contributed by atoms with E-state index in [1.54, 1.807) is 12.1 Å². The van der Waals surface area contributed by atoms with Gasteiger partial charge in [0, 0.05) is 12.7 Å². The molecule has 0 aliphatic heterocycles. The quantitative estimate of drug-likeness (QED) is 0.0935. The average Bonchev–Trinajstić information content (AvgIpc) is 2.95. The highest BCUT2D eigenvalue weighted by atomic mass is 16.6. The van der Waals surface area contributed by atoms with E-state index in [-0.39, 0.29) is 5.56 Å². The SMILES string of the molecule is CCCCCCCCCCCCCCCCCCOc1cc(OCCOCCOCCOCC)cc(C(=O)O)c1. The number of carboxylic acid groups (broad SMARTS) is 1. The van der Waals surface area contributed by atoms with Gasteiger partial charge in [-0.25, -0.2) is 4.79 Å². The summed E-state index contributed by atoms with van der Waals surface area (Å²) in [6.45, 7) is 8.31. The number of hydrogen-bond acceptors (Lipinski definition) is 6. The van der Waals surface area contributed by atoms with Crippen molar-refractivity contribution >= 4 is 5.97 Å². The van der Waals surface area contributed by atoms with Crippen LogP contribution in [0, 0.1) is 0 Å². The van der Waals surface area contributed by atoms with Crippen molar-refractivity contribution < 1.29 is 33.6 Å². The van der Waals surface area contributed by atoms with E-state index < -0.39 is 5.97 Å². The standard InChI is InChI=1S/C33H58O7/c1-3-5-6-7-8-9-10-11-12-13-14-15-16-17-18-19-20-39-31-27-30(33(34)35)28-32(29-31)40-26-25-38-24-23-37-22-21-36-4-2/h27-29H,3-26H2,1-2H3,(H,34,35). The highest BCUT2D eigenvalue weighted by molar-refractivity contribution is 5.88. The first kappa shape index (κ1) is 36.2. The Balaban J connectivity index is 2.06. The Labute approximate surface area is 244 Å². The van der Waals surface area contributed by atoms with Crippen molar-refractivity contribution in [3.8, 4) is 11.5 Å². The van der Waals surface area contributed by atoms with Crippen molar-refractivity contribution in [2.45, 2.75) is 117 Å². The molecule has 40 heavy (non-hydrogen) atoms. The fourth-order valence-electron chi connectivity index (χ4n) is 4.50. The zero-order chi connectivity index (χ0) is 28.9. The minimum Gasteiger partial charge on any atom is -0.493 e. The molecular weight excluding hydrogens is 508 g/mol. The Kier molecular flexibility index (Phi) is 24.7. The van der Waals surface area contributed by atoms with Gasteiger partial charge in [0.25, 0.3) is 0 Å². The summed E-state index contributed by atoms with van der Waals surface area (Å²) >= 11 is 0. The van der Waals surface area contributed by atoms with E-state index in [1.165, 1.54) is 96.0 Å².